The standard InChI is InChI=1S/C18H23N3O5/c1-3-24-17(22)13-9-19-18(23)20-14(13)11-21(2)10-12-4-5-15-16(8-12)26-7-6-25-15/h4-5,8H,3,6-7,9-11H2,1-2H3,(H2,19,20,23). The molecule has 3 rings (SSSR count). The van der Waals surface area contributed by atoms with Gasteiger partial charge in [-0.05, 0) is 31.7 Å². The molecule has 0 fully saturated rings. The van der Waals surface area contributed by atoms with E-state index in [1.165, 1.54) is 0 Å². The lowest BCUT2D eigenvalue weighted by Crippen LogP contribution is -2.46. The number of esters is 1. The van der Waals surface area contributed by atoms with E-state index in [0.717, 1.165) is 17.1 Å². The highest BCUT2D eigenvalue weighted by atomic mass is 16.6. The second kappa shape index (κ2) is 8.09. The SMILES string of the molecule is CCOC(=O)C1=C(CN(C)Cc2ccc3c(c2)OCCO3)NC(=O)NC1. The third-order valence-electron chi connectivity index (χ3n) is 4.06. The van der Waals surface area contributed by atoms with Crippen molar-refractivity contribution >= 4 is 12.0 Å². The quantitative estimate of drug-likeness (QED) is 0.736. The Bertz CT molecular complexity index is 732. The Morgan fingerprint density at radius 2 is 2.00 bits per heavy atom. The first-order valence-corrected chi connectivity index (χ1v) is 8.58. The molecule has 0 bridgehead atoms. The van der Waals surface area contributed by atoms with Crippen LogP contribution in [0.3, 0.4) is 0 Å². The number of carbonyl (C=O) groups excluding carboxylic acids is 2. The van der Waals surface area contributed by atoms with Crippen LogP contribution < -0.4 is 20.1 Å². The Morgan fingerprint density at radius 1 is 1.23 bits per heavy atom. The van der Waals surface area contributed by atoms with Crippen molar-refractivity contribution in [2.24, 2.45) is 0 Å². The van der Waals surface area contributed by atoms with Crippen molar-refractivity contribution in [1.82, 2.24) is 15.5 Å². The van der Waals surface area contributed by atoms with Gasteiger partial charge in [0.1, 0.15) is 13.2 Å². The van der Waals surface area contributed by atoms with E-state index in [9.17, 15) is 9.59 Å². The lowest BCUT2D eigenvalue weighted by atomic mass is 10.1. The first kappa shape index (κ1) is 18.1. The number of carbonyl (C=O) groups is 2. The van der Waals surface area contributed by atoms with Crippen LogP contribution in [0.1, 0.15) is 12.5 Å². The first-order chi connectivity index (χ1) is 12.6. The maximum absolute atomic E-state index is 12.1. The summed E-state index contributed by atoms with van der Waals surface area (Å²) in [6.07, 6.45) is 0. The third-order valence-corrected chi connectivity index (χ3v) is 4.06. The molecule has 8 nitrogen and oxygen atoms in total. The molecule has 1 aromatic rings. The molecule has 0 atom stereocenters. The third kappa shape index (κ3) is 4.26. The van der Waals surface area contributed by atoms with E-state index in [1.54, 1.807) is 6.92 Å². The molecule has 26 heavy (non-hydrogen) atoms. The van der Waals surface area contributed by atoms with Crippen LogP contribution in [0.15, 0.2) is 29.5 Å². The maximum atomic E-state index is 12.1. The van der Waals surface area contributed by atoms with Crippen LogP contribution in [0.25, 0.3) is 0 Å². The van der Waals surface area contributed by atoms with Gasteiger partial charge in [0, 0.05) is 18.8 Å². The minimum absolute atomic E-state index is 0.165. The molecule has 140 valence electrons. The van der Waals surface area contributed by atoms with E-state index < -0.39 is 5.97 Å². The average molecular weight is 361 g/mol. The van der Waals surface area contributed by atoms with Crippen LogP contribution in [0, 0.1) is 0 Å². The summed E-state index contributed by atoms with van der Waals surface area (Å²) in [5, 5.41) is 5.32. The number of benzene rings is 1. The van der Waals surface area contributed by atoms with E-state index in [4.69, 9.17) is 14.2 Å². The monoisotopic (exact) mass is 361 g/mol. The zero-order valence-electron chi connectivity index (χ0n) is 15.0. The summed E-state index contributed by atoms with van der Waals surface area (Å²) in [5.74, 6) is 1.08. The molecular formula is C18H23N3O5. The fraction of sp³-hybridized carbons (Fsp3) is 0.444. The number of hydrogen-bond acceptors (Lipinski definition) is 6. The van der Waals surface area contributed by atoms with Crippen LogP contribution in [-0.2, 0) is 16.1 Å². The van der Waals surface area contributed by atoms with E-state index in [2.05, 4.69) is 10.6 Å². The normalized spacial score (nSPS) is 16.2. The predicted octanol–water partition coefficient (Wildman–Crippen LogP) is 1.02. The molecule has 2 amide bonds. The summed E-state index contributed by atoms with van der Waals surface area (Å²) < 4.78 is 16.2. The van der Waals surface area contributed by atoms with E-state index in [1.807, 2.05) is 30.1 Å². The molecule has 2 N–H and O–H groups in total. The lowest BCUT2D eigenvalue weighted by molar-refractivity contribution is -0.138. The van der Waals surface area contributed by atoms with Gasteiger partial charge in [-0.1, -0.05) is 6.07 Å². The summed E-state index contributed by atoms with van der Waals surface area (Å²) >= 11 is 0. The smallest absolute Gasteiger partial charge is 0.337 e. The van der Waals surface area contributed by atoms with Crippen LogP contribution in [0.5, 0.6) is 11.5 Å². The Kier molecular flexibility index (Phi) is 5.62. The Hall–Kier alpha value is -2.74. The van der Waals surface area contributed by atoms with Gasteiger partial charge in [-0.2, -0.15) is 0 Å². The van der Waals surface area contributed by atoms with Gasteiger partial charge in [0.2, 0.25) is 0 Å². The van der Waals surface area contributed by atoms with Crippen LogP contribution in [-0.4, -0.2) is 56.9 Å². The van der Waals surface area contributed by atoms with Crippen molar-refractivity contribution in [2.75, 3.05) is 40.0 Å². The fourth-order valence-corrected chi connectivity index (χ4v) is 2.90. The zero-order chi connectivity index (χ0) is 18.5. The van der Waals surface area contributed by atoms with Gasteiger partial charge in [0.25, 0.3) is 0 Å². The number of fused-ring (bicyclic) bond motifs is 1. The molecule has 8 heteroatoms. The Morgan fingerprint density at radius 3 is 2.77 bits per heavy atom. The highest BCUT2D eigenvalue weighted by molar-refractivity contribution is 5.93. The van der Waals surface area contributed by atoms with Crippen molar-refractivity contribution < 1.29 is 23.8 Å². The van der Waals surface area contributed by atoms with Crippen LogP contribution in [0.4, 0.5) is 4.79 Å². The number of ether oxygens (including phenoxy) is 3. The van der Waals surface area contributed by atoms with Gasteiger partial charge in [0.05, 0.1) is 18.7 Å². The predicted molar refractivity (Wildman–Crippen MR) is 94.0 cm³/mol. The molecule has 0 unspecified atom stereocenters. The summed E-state index contributed by atoms with van der Waals surface area (Å²) in [7, 11) is 1.92. The highest BCUT2D eigenvalue weighted by Crippen LogP contribution is 2.31. The number of amides is 2. The lowest BCUT2D eigenvalue weighted by Gasteiger charge is -2.25. The van der Waals surface area contributed by atoms with Crippen molar-refractivity contribution in [3.05, 3.63) is 35.0 Å². The molecule has 0 aliphatic carbocycles. The molecule has 0 aromatic heterocycles. The molecule has 2 aliphatic heterocycles. The van der Waals surface area contributed by atoms with Crippen molar-refractivity contribution in [1.29, 1.82) is 0 Å². The topological polar surface area (TPSA) is 89.1 Å². The molecule has 2 aliphatic rings. The van der Waals surface area contributed by atoms with Gasteiger partial charge in [-0.15, -0.1) is 0 Å². The summed E-state index contributed by atoms with van der Waals surface area (Å²) in [4.78, 5) is 25.7. The highest BCUT2D eigenvalue weighted by Gasteiger charge is 2.24. The van der Waals surface area contributed by atoms with Gasteiger partial charge in [0.15, 0.2) is 11.5 Å². The molecule has 0 saturated carbocycles. The molecule has 0 radical (unpaired) electrons. The zero-order valence-corrected chi connectivity index (χ0v) is 15.0. The molecule has 2 heterocycles. The van der Waals surface area contributed by atoms with E-state index >= 15 is 0 Å². The van der Waals surface area contributed by atoms with Gasteiger partial charge >= 0.3 is 12.0 Å². The Labute approximate surface area is 152 Å². The van der Waals surface area contributed by atoms with Gasteiger partial charge < -0.3 is 24.8 Å². The van der Waals surface area contributed by atoms with Crippen molar-refractivity contribution in [2.45, 2.75) is 13.5 Å². The van der Waals surface area contributed by atoms with Gasteiger partial charge in [-0.25, -0.2) is 9.59 Å². The van der Waals surface area contributed by atoms with Gasteiger partial charge in [-0.3, -0.25) is 4.90 Å². The Balaban J connectivity index is 1.70. The number of nitrogens with one attached hydrogen (secondary N) is 2. The number of nitrogens with zero attached hydrogens (tertiary/aromatic N) is 1. The van der Waals surface area contributed by atoms with Crippen LogP contribution >= 0.6 is 0 Å². The average Bonchev–Trinajstić information content (AvgIpc) is 2.62. The molecular weight excluding hydrogens is 338 g/mol. The maximum Gasteiger partial charge on any atom is 0.337 e. The largest absolute Gasteiger partial charge is 0.486 e. The number of urea groups is 1. The number of hydrogen-bond donors (Lipinski definition) is 2. The fourth-order valence-electron chi connectivity index (χ4n) is 2.90. The summed E-state index contributed by atoms with van der Waals surface area (Å²) in [6.45, 7) is 4.34. The first-order valence-electron chi connectivity index (χ1n) is 8.58. The summed E-state index contributed by atoms with van der Waals surface area (Å²) in [6, 6.07) is 5.51. The second-order valence-corrected chi connectivity index (χ2v) is 6.14. The van der Waals surface area contributed by atoms with Crippen molar-refractivity contribution in [3.8, 4) is 11.5 Å². The van der Waals surface area contributed by atoms with Crippen molar-refractivity contribution in [3.63, 3.8) is 0 Å². The molecule has 0 saturated heterocycles. The van der Waals surface area contributed by atoms with Crippen LogP contribution in [0.2, 0.25) is 0 Å². The molecule has 1 aromatic carbocycles. The molecule has 0 spiro atoms. The summed E-state index contributed by atoms with van der Waals surface area (Å²) in [5.41, 5.74) is 2.06. The minimum atomic E-state index is -0.414. The van der Waals surface area contributed by atoms with E-state index in [-0.39, 0.29) is 19.2 Å². The minimum Gasteiger partial charge on any atom is -0.486 e. The van der Waals surface area contributed by atoms with E-state index in [0.29, 0.717) is 37.6 Å². The number of rotatable bonds is 6. The second-order valence-electron chi connectivity index (χ2n) is 6.14. The number of likely N-dealkylation sites (N-methyl/N-ethyl adjacent to an activating group) is 1.